The van der Waals surface area contributed by atoms with Crippen molar-refractivity contribution in [2.45, 2.75) is 32.1 Å². The molecule has 0 bridgehead atoms. The maximum Gasteiger partial charge on any atom is 0.404 e. The van der Waals surface area contributed by atoms with Crippen LogP contribution in [-0.4, -0.2) is 41.6 Å². The fourth-order valence-corrected chi connectivity index (χ4v) is 3.50. The maximum atomic E-state index is 13.0. The normalized spacial score (nSPS) is 16.9. The van der Waals surface area contributed by atoms with Gasteiger partial charge < -0.3 is 15.3 Å². The van der Waals surface area contributed by atoms with Gasteiger partial charge in [-0.3, -0.25) is 4.79 Å². The Bertz CT molecular complexity index is 557. The van der Waals surface area contributed by atoms with Gasteiger partial charge in [0.1, 0.15) is 0 Å². The van der Waals surface area contributed by atoms with Crippen molar-refractivity contribution >= 4 is 27.9 Å². The average molecular weight is 383 g/mol. The SMILES string of the molecule is CC1CCN(C(=O)C(CCNC(=O)O)c2ccccc2Br)CC1. The Morgan fingerprint density at radius 1 is 1.35 bits per heavy atom. The summed E-state index contributed by atoms with van der Waals surface area (Å²) in [5.74, 6) is 0.427. The first-order chi connectivity index (χ1) is 11.0. The summed E-state index contributed by atoms with van der Waals surface area (Å²) in [6.07, 6.45) is 1.46. The van der Waals surface area contributed by atoms with E-state index in [0.717, 1.165) is 36.0 Å². The van der Waals surface area contributed by atoms with Crippen LogP contribution in [0, 0.1) is 5.92 Å². The average Bonchev–Trinajstić information content (AvgIpc) is 2.52. The number of amides is 2. The van der Waals surface area contributed by atoms with Gasteiger partial charge in [0.2, 0.25) is 5.91 Å². The zero-order valence-corrected chi connectivity index (χ0v) is 14.9. The summed E-state index contributed by atoms with van der Waals surface area (Å²) in [7, 11) is 0. The topological polar surface area (TPSA) is 69.6 Å². The summed E-state index contributed by atoms with van der Waals surface area (Å²) in [5, 5.41) is 11.1. The number of carbonyl (C=O) groups excluding carboxylic acids is 1. The van der Waals surface area contributed by atoms with E-state index in [2.05, 4.69) is 28.2 Å². The van der Waals surface area contributed by atoms with E-state index in [0.29, 0.717) is 12.3 Å². The molecule has 1 aliphatic heterocycles. The fourth-order valence-electron chi connectivity index (χ4n) is 2.94. The van der Waals surface area contributed by atoms with Gasteiger partial charge >= 0.3 is 6.09 Å². The molecule has 1 aromatic rings. The number of rotatable bonds is 5. The molecular weight excluding hydrogens is 360 g/mol. The van der Waals surface area contributed by atoms with E-state index in [1.54, 1.807) is 0 Å². The third-order valence-corrected chi connectivity index (χ3v) is 5.11. The van der Waals surface area contributed by atoms with Gasteiger partial charge in [0, 0.05) is 24.1 Å². The van der Waals surface area contributed by atoms with Crippen molar-refractivity contribution in [1.82, 2.24) is 10.2 Å². The molecule has 2 rings (SSSR count). The standard InChI is InChI=1S/C17H23BrN2O3/c1-12-7-10-20(11-8-12)16(21)14(6-9-19-17(22)23)13-4-2-3-5-15(13)18/h2-5,12,14,19H,6-11H2,1H3,(H,22,23). The molecule has 1 atom stereocenters. The first kappa shape index (κ1) is 17.8. The zero-order valence-electron chi connectivity index (χ0n) is 13.3. The molecular formula is C17H23BrN2O3. The number of halogens is 1. The molecule has 0 radical (unpaired) electrons. The summed E-state index contributed by atoms with van der Waals surface area (Å²) in [6.45, 7) is 4.04. The predicted octanol–water partition coefficient (Wildman–Crippen LogP) is 3.45. The number of carbonyl (C=O) groups is 2. The summed E-state index contributed by atoms with van der Waals surface area (Å²) < 4.78 is 0.888. The minimum atomic E-state index is -1.06. The van der Waals surface area contributed by atoms with Gasteiger partial charge in [0.05, 0.1) is 5.92 Å². The highest BCUT2D eigenvalue weighted by atomic mass is 79.9. The third-order valence-electron chi connectivity index (χ3n) is 4.38. The molecule has 1 aliphatic rings. The van der Waals surface area contributed by atoms with E-state index in [9.17, 15) is 9.59 Å². The minimum Gasteiger partial charge on any atom is -0.465 e. The lowest BCUT2D eigenvalue weighted by Crippen LogP contribution is -2.41. The molecule has 1 unspecified atom stereocenters. The Morgan fingerprint density at radius 3 is 2.61 bits per heavy atom. The molecule has 1 heterocycles. The highest BCUT2D eigenvalue weighted by Crippen LogP contribution is 2.30. The number of hydrogen-bond donors (Lipinski definition) is 2. The molecule has 23 heavy (non-hydrogen) atoms. The molecule has 1 saturated heterocycles. The second-order valence-corrected chi connectivity index (χ2v) is 6.96. The number of carboxylic acid groups (broad SMARTS) is 1. The summed E-state index contributed by atoms with van der Waals surface area (Å²) in [4.78, 5) is 25.6. The first-order valence-corrected chi connectivity index (χ1v) is 8.78. The van der Waals surface area contributed by atoms with Crippen molar-refractivity contribution in [3.63, 3.8) is 0 Å². The highest BCUT2D eigenvalue weighted by molar-refractivity contribution is 9.10. The van der Waals surface area contributed by atoms with Crippen molar-refractivity contribution in [2.75, 3.05) is 19.6 Å². The highest BCUT2D eigenvalue weighted by Gasteiger charge is 2.29. The van der Waals surface area contributed by atoms with Gasteiger partial charge in [-0.2, -0.15) is 0 Å². The Hall–Kier alpha value is -1.56. The van der Waals surface area contributed by atoms with Crippen LogP contribution in [0.1, 0.15) is 37.7 Å². The number of likely N-dealkylation sites (tertiary alicyclic amines) is 1. The summed E-state index contributed by atoms with van der Waals surface area (Å²) in [5.41, 5.74) is 0.920. The largest absolute Gasteiger partial charge is 0.465 e. The minimum absolute atomic E-state index is 0.0935. The van der Waals surface area contributed by atoms with Crippen LogP contribution in [0.25, 0.3) is 0 Å². The van der Waals surface area contributed by atoms with Gasteiger partial charge in [0.15, 0.2) is 0 Å². The molecule has 5 nitrogen and oxygen atoms in total. The van der Waals surface area contributed by atoms with E-state index in [1.165, 1.54) is 0 Å². The Balaban J connectivity index is 2.13. The van der Waals surface area contributed by atoms with E-state index in [4.69, 9.17) is 5.11 Å². The van der Waals surface area contributed by atoms with Gasteiger partial charge in [-0.05, 0) is 36.8 Å². The Kier molecular flexibility index (Phi) is 6.45. The predicted molar refractivity (Wildman–Crippen MR) is 92.5 cm³/mol. The summed E-state index contributed by atoms with van der Waals surface area (Å²) in [6, 6.07) is 7.66. The van der Waals surface area contributed by atoms with Crippen molar-refractivity contribution in [1.29, 1.82) is 0 Å². The molecule has 0 saturated carbocycles. The molecule has 2 amide bonds. The first-order valence-electron chi connectivity index (χ1n) is 7.99. The molecule has 2 N–H and O–H groups in total. The van der Waals surface area contributed by atoms with Gasteiger partial charge in [-0.15, -0.1) is 0 Å². The maximum absolute atomic E-state index is 13.0. The van der Waals surface area contributed by atoms with E-state index < -0.39 is 6.09 Å². The second-order valence-electron chi connectivity index (χ2n) is 6.10. The molecule has 1 fully saturated rings. The summed E-state index contributed by atoms with van der Waals surface area (Å²) >= 11 is 3.51. The zero-order chi connectivity index (χ0) is 16.8. The van der Waals surface area contributed by atoms with Crippen LogP contribution in [0.5, 0.6) is 0 Å². The molecule has 0 aliphatic carbocycles. The van der Waals surface area contributed by atoms with Gasteiger partial charge in [0.25, 0.3) is 0 Å². The number of piperidine rings is 1. The molecule has 1 aromatic carbocycles. The monoisotopic (exact) mass is 382 g/mol. The third kappa shape index (κ3) is 4.96. The number of nitrogens with zero attached hydrogens (tertiary/aromatic N) is 1. The molecule has 126 valence electrons. The van der Waals surface area contributed by atoms with Crippen LogP contribution >= 0.6 is 15.9 Å². The van der Waals surface area contributed by atoms with Crippen molar-refractivity contribution in [3.05, 3.63) is 34.3 Å². The molecule has 0 aromatic heterocycles. The van der Waals surface area contributed by atoms with Crippen LogP contribution in [-0.2, 0) is 4.79 Å². The van der Waals surface area contributed by atoms with Gasteiger partial charge in [-0.25, -0.2) is 4.79 Å². The van der Waals surface area contributed by atoms with Crippen molar-refractivity contribution in [2.24, 2.45) is 5.92 Å². The molecule has 6 heteroatoms. The Morgan fingerprint density at radius 2 is 2.00 bits per heavy atom. The number of hydrogen-bond acceptors (Lipinski definition) is 2. The fraction of sp³-hybridized carbons (Fsp3) is 0.529. The second kappa shape index (κ2) is 8.34. The van der Waals surface area contributed by atoms with Crippen LogP contribution in [0.15, 0.2) is 28.7 Å². The number of nitrogens with one attached hydrogen (secondary N) is 1. The van der Waals surface area contributed by atoms with E-state index in [-0.39, 0.29) is 18.4 Å². The molecule has 0 spiro atoms. The van der Waals surface area contributed by atoms with E-state index >= 15 is 0 Å². The lowest BCUT2D eigenvalue weighted by atomic mass is 9.92. The van der Waals surface area contributed by atoms with Crippen molar-refractivity contribution < 1.29 is 14.7 Å². The smallest absolute Gasteiger partial charge is 0.404 e. The quantitative estimate of drug-likeness (QED) is 0.818. The van der Waals surface area contributed by atoms with Crippen LogP contribution < -0.4 is 5.32 Å². The van der Waals surface area contributed by atoms with Crippen LogP contribution in [0.3, 0.4) is 0 Å². The Labute approximate surface area is 145 Å². The van der Waals surface area contributed by atoms with Gasteiger partial charge in [-0.1, -0.05) is 41.1 Å². The van der Waals surface area contributed by atoms with E-state index in [1.807, 2.05) is 29.2 Å². The van der Waals surface area contributed by atoms with Crippen molar-refractivity contribution in [3.8, 4) is 0 Å². The number of benzene rings is 1. The van der Waals surface area contributed by atoms with Crippen LogP contribution in [0.2, 0.25) is 0 Å². The van der Waals surface area contributed by atoms with Crippen LogP contribution in [0.4, 0.5) is 4.79 Å². The lowest BCUT2D eigenvalue weighted by molar-refractivity contribution is -0.134. The lowest BCUT2D eigenvalue weighted by Gasteiger charge is -2.33.